The highest BCUT2D eigenvalue weighted by molar-refractivity contribution is 4.50. The SMILES string of the molecule is C1CCC1.CC.CC.CC(C)C. The normalized spacial score (nSPS) is 12.0. The molecule has 0 aromatic rings. The van der Waals surface area contributed by atoms with Gasteiger partial charge >= 0.3 is 0 Å². The minimum absolute atomic E-state index is 0.833. The van der Waals surface area contributed by atoms with Crippen molar-refractivity contribution in [2.75, 3.05) is 0 Å². The second kappa shape index (κ2) is 22.4. The van der Waals surface area contributed by atoms with Gasteiger partial charge in [-0.05, 0) is 5.92 Å². The van der Waals surface area contributed by atoms with Crippen LogP contribution >= 0.6 is 0 Å². The van der Waals surface area contributed by atoms with Crippen LogP contribution in [0.3, 0.4) is 0 Å². The van der Waals surface area contributed by atoms with E-state index in [2.05, 4.69) is 20.8 Å². The van der Waals surface area contributed by atoms with Crippen molar-refractivity contribution in [2.45, 2.75) is 74.1 Å². The molecule has 1 aliphatic carbocycles. The van der Waals surface area contributed by atoms with E-state index in [1.165, 1.54) is 25.7 Å². The molecule has 0 N–H and O–H groups in total. The van der Waals surface area contributed by atoms with Crippen molar-refractivity contribution in [3.05, 3.63) is 0 Å². The summed E-state index contributed by atoms with van der Waals surface area (Å²) in [7, 11) is 0. The zero-order valence-electron chi connectivity index (χ0n) is 10.4. The van der Waals surface area contributed by atoms with E-state index < -0.39 is 0 Å². The molecule has 1 fully saturated rings. The van der Waals surface area contributed by atoms with Crippen molar-refractivity contribution in [1.82, 2.24) is 0 Å². The second-order valence-electron chi connectivity index (χ2n) is 3.15. The van der Waals surface area contributed by atoms with E-state index in [1.807, 2.05) is 27.7 Å². The molecule has 0 amide bonds. The molecule has 0 heterocycles. The monoisotopic (exact) mass is 174 g/mol. The molecule has 0 radical (unpaired) electrons. The van der Waals surface area contributed by atoms with E-state index in [1.54, 1.807) is 0 Å². The van der Waals surface area contributed by atoms with Gasteiger partial charge in [-0.3, -0.25) is 0 Å². The lowest BCUT2D eigenvalue weighted by atomic mass is 10.0. The molecule has 0 nitrogen and oxygen atoms in total. The van der Waals surface area contributed by atoms with E-state index in [9.17, 15) is 0 Å². The summed E-state index contributed by atoms with van der Waals surface area (Å²) in [5.74, 6) is 0.833. The molecule has 0 aliphatic heterocycles. The molecule has 0 bridgehead atoms. The van der Waals surface area contributed by atoms with Crippen LogP contribution in [0.5, 0.6) is 0 Å². The molecule has 12 heavy (non-hydrogen) atoms. The van der Waals surface area contributed by atoms with Crippen molar-refractivity contribution in [1.29, 1.82) is 0 Å². The molecular formula is C12H30. The molecule has 0 spiro atoms. The number of rotatable bonds is 0. The minimum atomic E-state index is 0.833. The minimum Gasteiger partial charge on any atom is -0.0683 e. The fourth-order valence-corrected chi connectivity index (χ4v) is 0.250. The topological polar surface area (TPSA) is 0 Å². The Morgan fingerprint density at radius 3 is 0.667 bits per heavy atom. The van der Waals surface area contributed by atoms with Crippen molar-refractivity contribution in [3.8, 4) is 0 Å². The fourth-order valence-electron chi connectivity index (χ4n) is 0.250. The van der Waals surface area contributed by atoms with Crippen LogP contribution in [0, 0.1) is 5.92 Å². The molecule has 0 aromatic carbocycles. The smallest absolute Gasteiger partial charge is 0.0500 e. The second-order valence-corrected chi connectivity index (χ2v) is 3.15. The first-order valence-corrected chi connectivity index (χ1v) is 5.73. The lowest BCUT2D eigenvalue weighted by Gasteiger charge is -2.05. The van der Waals surface area contributed by atoms with Gasteiger partial charge in [0.2, 0.25) is 0 Å². The number of hydrogen-bond donors (Lipinski definition) is 0. The van der Waals surface area contributed by atoms with E-state index >= 15 is 0 Å². The summed E-state index contributed by atoms with van der Waals surface area (Å²) in [6.07, 6.45) is 6.00. The summed E-state index contributed by atoms with van der Waals surface area (Å²) in [5, 5.41) is 0. The standard InChI is InChI=1S/C4H8.C4H10.2C2H6/c1-2-4-3-1;1-4(2)3;2*1-2/h1-4H2;4H,1-3H3;2*1-2H3. The van der Waals surface area contributed by atoms with Crippen molar-refractivity contribution >= 4 is 0 Å². The maximum absolute atomic E-state index is 2.17. The summed E-state index contributed by atoms with van der Waals surface area (Å²) in [4.78, 5) is 0. The average Bonchev–Trinajstić information content (AvgIpc) is 1.90. The van der Waals surface area contributed by atoms with Gasteiger partial charge in [-0.15, -0.1) is 0 Å². The third-order valence-corrected chi connectivity index (χ3v) is 1.000. The first-order chi connectivity index (χ1) is 5.73. The van der Waals surface area contributed by atoms with E-state index in [0.717, 1.165) is 5.92 Å². The lowest BCUT2D eigenvalue weighted by molar-refractivity contribution is 0.504. The molecule has 0 heteroatoms. The predicted octanol–water partition coefficient (Wildman–Crippen LogP) is 5.28. The molecule has 1 aliphatic rings. The zero-order chi connectivity index (χ0) is 10.4. The van der Waals surface area contributed by atoms with Crippen LogP contribution in [0.15, 0.2) is 0 Å². The van der Waals surface area contributed by atoms with Gasteiger partial charge in [-0.1, -0.05) is 74.1 Å². The summed E-state index contributed by atoms with van der Waals surface area (Å²) in [6.45, 7) is 14.5. The molecular weight excluding hydrogens is 144 g/mol. The predicted molar refractivity (Wildman–Crippen MR) is 61.7 cm³/mol. The summed E-state index contributed by atoms with van der Waals surface area (Å²) < 4.78 is 0. The van der Waals surface area contributed by atoms with Gasteiger partial charge in [0.05, 0.1) is 0 Å². The quantitative estimate of drug-likeness (QED) is 0.469. The van der Waals surface area contributed by atoms with Crippen LogP contribution < -0.4 is 0 Å². The highest BCUT2D eigenvalue weighted by Gasteiger charge is 1.95. The highest BCUT2D eigenvalue weighted by Crippen LogP contribution is 2.15. The Labute approximate surface area is 80.8 Å². The fraction of sp³-hybridized carbons (Fsp3) is 1.00. The largest absolute Gasteiger partial charge is 0.0683 e. The third kappa shape index (κ3) is 50.6. The van der Waals surface area contributed by atoms with Gasteiger partial charge in [0.25, 0.3) is 0 Å². The van der Waals surface area contributed by atoms with Gasteiger partial charge in [-0.25, -0.2) is 0 Å². The molecule has 0 saturated heterocycles. The summed E-state index contributed by atoms with van der Waals surface area (Å²) >= 11 is 0. The van der Waals surface area contributed by atoms with Crippen LogP contribution in [0.25, 0.3) is 0 Å². The molecule has 0 aromatic heterocycles. The Balaban J connectivity index is -0.0000000967. The average molecular weight is 174 g/mol. The molecule has 1 saturated carbocycles. The van der Waals surface area contributed by atoms with Gasteiger partial charge in [-0.2, -0.15) is 0 Å². The first-order valence-electron chi connectivity index (χ1n) is 5.73. The Bertz CT molecular complexity index is 26.5. The van der Waals surface area contributed by atoms with Gasteiger partial charge < -0.3 is 0 Å². The van der Waals surface area contributed by atoms with E-state index in [4.69, 9.17) is 0 Å². The van der Waals surface area contributed by atoms with Gasteiger partial charge in [0, 0.05) is 0 Å². The van der Waals surface area contributed by atoms with Crippen molar-refractivity contribution < 1.29 is 0 Å². The van der Waals surface area contributed by atoms with Crippen LogP contribution in [0.2, 0.25) is 0 Å². The zero-order valence-corrected chi connectivity index (χ0v) is 10.4. The Morgan fingerprint density at radius 1 is 0.583 bits per heavy atom. The Kier molecular flexibility index (Phi) is 33.5. The molecule has 1 rings (SSSR count). The van der Waals surface area contributed by atoms with Crippen LogP contribution in [0.4, 0.5) is 0 Å². The third-order valence-electron chi connectivity index (χ3n) is 1.000. The summed E-state index contributed by atoms with van der Waals surface area (Å²) in [6, 6.07) is 0. The van der Waals surface area contributed by atoms with Crippen LogP contribution in [0.1, 0.15) is 74.1 Å². The van der Waals surface area contributed by atoms with Gasteiger partial charge in [0.15, 0.2) is 0 Å². The maximum atomic E-state index is 2.17. The molecule has 0 atom stereocenters. The van der Waals surface area contributed by atoms with E-state index in [0.29, 0.717) is 0 Å². The van der Waals surface area contributed by atoms with Crippen LogP contribution in [-0.2, 0) is 0 Å². The highest BCUT2D eigenvalue weighted by atomic mass is 14.0. The first kappa shape index (κ1) is 17.9. The van der Waals surface area contributed by atoms with Crippen LogP contribution in [-0.4, -0.2) is 0 Å². The number of hydrogen-bond acceptors (Lipinski definition) is 0. The summed E-state index contributed by atoms with van der Waals surface area (Å²) in [5.41, 5.74) is 0. The Morgan fingerprint density at radius 2 is 0.667 bits per heavy atom. The maximum Gasteiger partial charge on any atom is -0.0500 e. The van der Waals surface area contributed by atoms with Crippen molar-refractivity contribution in [3.63, 3.8) is 0 Å². The van der Waals surface area contributed by atoms with E-state index in [-0.39, 0.29) is 0 Å². The van der Waals surface area contributed by atoms with Gasteiger partial charge in [0.1, 0.15) is 0 Å². The molecule has 0 unspecified atom stereocenters. The molecule has 78 valence electrons. The Hall–Kier alpha value is 0. The lowest BCUT2D eigenvalue weighted by Crippen LogP contribution is -1.85. The van der Waals surface area contributed by atoms with Crippen molar-refractivity contribution in [2.24, 2.45) is 5.92 Å².